The molecular weight excluding hydrogens is 290 g/mol. The predicted octanol–water partition coefficient (Wildman–Crippen LogP) is 1.49. The van der Waals surface area contributed by atoms with Gasteiger partial charge in [-0.1, -0.05) is 6.42 Å². The zero-order valence-electron chi connectivity index (χ0n) is 12.5. The Morgan fingerprint density at radius 1 is 1.43 bits per heavy atom. The van der Waals surface area contributed by atoms with Gasteiger partial charge in [-0.15, -0.1) is 0 Å². The molecule has 118 valence electrons. The minimum absolute atomic E-state index is 0.0407. The van der Waals surface area contributed by atoms with Crippen LogP contribution in [0.4, 0.5) is 5.69 Å². The van der Waals surface area contributed by atoms with E-state index in [1.807, 2.05) is 6.92 Å². The number of anilines is 1. The molecule has 1 atom stereocenters. The van der Waals surface area contributed by atoms with E-state index in [0.717, 1.165) is 24.8 Å². The molecule has 1 aromatic carbocycles. The van der Waals surface area contributed by atoms with Crippen molar-refractivity contribution in [1.29, 1.82) is 0 Å². The first-order chi connectivity index (χ1) is 9.94. The molecule has 1 aliphatic rings. The maximum absolute atomic E-state index is 12.4. The van der Waals surface area contributed by atoms with E-state index < -0.39 is 10.2 Å². The maximum atomic E-state index is 12.4. The minimum Gasteiger partial charge on any atom is -0.496 e. The van der Waals surface area contributed by atoms with Crippen LogP contribution in [0.3, 0.4) is 0 Å². The molecule has 1 unspecified atom stereocenters. The number of piperidine rings is 1. The third kappa shape index (κ3) is 3.87. The van der Waals surface area contributed by atoms with Crippen LogP contribution >= 0.6 is 0 Å². The van der Waals surface area contributed by atoms with Gasteiger partial charge in [-0.3, -0.25) is 0 Å². The van der Waals surface area contributed by atoms with E-state index in [2.05, 4.69) is 4.72 Å². The van der Waals surface area contributed by atoms with Gasteiger partial charge in [0.05, 0.1) is 7.11 Å². The highest BCUT2D eigenvalue weighted by atomic mass is 32.2. The Hall–Kier alpha value is -1.31. The molecule has 7 heteroatoms. The fraction of sp³-hybridized carbons (Fsp3) is 0.571. The fourth-order valence-electron chi connectivity index (χ4n) is 2.62. The van der Waals surface area contributed by atoms with Crippen molar-refractivity contribution in [3.8, 4) is 5.75 Å². The summed E-state index contributed by atoms with van der Waals surface area (Å²) in [4.78, 5) is 0. The molecule has 2 rings (SSSR count). The second kappa shape index (κ2) is 6.64. The van der Waals surface area contributed by atoms with Crippen LogP contribution in [0.5, 0.6) is 5.75 Å². The summed E-state index contributed by atoms with van der Waals surface area (Å²) in [7, 11) is -1.93. The third-order valence-corrected chi connectivity index (χ3v) is 5.47. The molecule has 0 aromatic heterocycles. The molecule has 0 bridgehead atoms. The Morgan fingerprint density at radius 3 is 2.86 bits per heavy atom. The van der Waals surface area contributed by atoms with Gasteiger partial charge in [0.2, 0.25) is 0 Å². The Kier molecular flexibility index (Phi) is 5.08. The number of hydrogen-bond donors (Lipinski definition) is 2. The molecule has 1 aromatic rings. The number of rotatable bonds is 5. The first-order valence-corrected chi connectivity index (χ1v) is 8.57. The van der Waals surface area contributed by atoms with Crippen LogP contribution in [0, 0.1) is 0 Å². The third-order valence-electron chi connectivity index (χ3n) is 3.80. The maximum Gasteiger partial charge on any atom is 0.279 e. The molecular formula is C14H23N3O3S. The Labute approximate surface area is 126 Å². The average molecular weight is 313 g/mol. The molecule has 21 heavy (non-hydrogen) atoms. The lowest BCUT2D eigenvalue weighted by Gasteiger charge is -2.32. The number of nitrogens with one attached hydrogen (secondary N) is 1. The van der Waals surface area contributed by atoms with Gasteiger partial charge in [0.15, 0.2) is 0 Å². The summed E-state index contributed by atoms with van der Waals surface area (Å²) in [6.07, 6.45) is 2.89. The zero-order valence-corrected chi connectivity index (χ0v) is 13.3. The summed E-state index contributed by atoms with van der Waals surface area (Å²) in [6, 6.07) is 5.23. The van der Waals surface area contributed by atoms with Crippen LogP contribution in [0.25, 0.3) is 0 Å². The summed E-state index contributed by atoms with van der Waals surface area (Å²) in [5, 5.41) is 0. The highest BCUT2D eigenvalue weighted by molar-refractivity contribution is 7.87. The average Bonchev–Trinajstić information content (AvgIpc) is 2.45. The van der Waals surface area contributed by atoms with Gasteiger partial charge in [-0.2, -0.15) is 17.4 Å². The molecule has 0 saturated carbocycles. The number of ether oxygens (including phenoxy) is 1. The van der Waals surface area contributed by atoms with Gasteiger partial charge >= 0.3 is 0 Å². The number of nitrogens with two attached hydrogens (primary N) is 1. The largest absolute Gasteiger partial charge is 0.496 e. The van der Waals surface area contributed by atoms with E-state index in [1.165, 1.54) is 4.31 Å². The van der Waals surface area contributed by atoms with Crippen LogP contribution in [0.15, 0.2) is 18.2 Å². The number of nitrogens with zero attached hydrogens (tertiary/aromatic N) is 1. The van der Waals surface area contributed by atoms with E-state index in [1.54, 1.807) is 25.3 Å². The van der Waals surface area contributed by atoms with Crippen molar-refractivity contribution in [3.05, 3.63) is 23.8 Å². The minimum atomic E-state index is -3.48. The van der Waals surface area contributed by atoms with Crippen molar-refractivity contribution in [2.45, 2.75) is 38.8 Å². The first kappa shape index (κ1) is 16.1. The summed E-state index contributed by atoms with van der Waals surface area (Å²) in [5.74, 6) is 0.624. The van der Waals surface area contributed by atoms with Crippen molar-refractivity contribution >= 4 is 15.9 Å². The van der Waals surface area contributed by atoms with Crippen molar-refractivity contribution in [2.75, 3.05) is 19.4 Å². The van der Waals surface area contributed by atoms with E-state index in [-0.39, 0.29) is 12.6 Å². The summed E-state index contributed by atoms with van der Waals surface area (Å²) >= 11 is 0. The second-order valence-corrected chi connectivity index (χ2v) is 7.06. The lowest BCUT2D eigenvalue weighted by Crippen LogP contribution is -2.47. The molecule has 1 aliphatic heterocycles. The first-order valence-electron chi connectivity index (χ1n) is 7.13. The Morgan fingerprint density at radius 2 is 2.19 bits per heavy atom. The van der Waals surface area contributed by atoms with Gasteiger partial charge in [-0.25, -0.2) is 0 Å². The van der Waals surface area contributed by atoms with Gasteiger partial charge in [-0.05, 0) is 38.0 Å². The highest BCUT2D eigenvalue weighted by Crippen LogP contribution is 2.22. The van der Waals surface area contributed by atoms with Gasteiger partial charge in [0.25, 0.3) is 10.2 Å². The number of benzene rings is 1. The lowest BCUT2D eigenvalue weighted by molar-refractivity contribution is 0.265. The number of methoxy groups -OCH3 is 1. The van der Waals surface area contributed by atoms with Crippen LogP contribution < -0.4 is 15.2 Å². The van der Waals surface area contributed by atoms with E-state index in [4.69, 9.17) is 10.5 Å². The molecule has 0 radical (unpaired) electrons. The van der Waals surface area contributed by atoms with Crippen molar-refractivity contribution < 1.29 is 13.2 Å². The SMILES string of the molecule is COc1ccc(N)cc1CNS(=O)(=O)N1CCCCC1C. The smallest absolute Gasteiger partial charge is 0.279 e. The highest BCUT2D eigenvalue weighted by Gasteiger charge is 2.29. The Bertz CT molecular complexity index is 589. The number of hydrogen-bond acceptors (Lipinski definition) is 4. The van der Waals surface area contributed by atoms with Crippen LogP contribution in [-0.2, 0) is 16.8 Å². The van der Waals surface area contributed by atoms with Crippen molar-refractivity contribution in [3.63, 3.8) is 0 Å². The van der Waals surface area contributed by atoms with Gasteiger partial charge in [0.1, 0.15) is 5.75 Å². The predicted molar refractivity (Wildman–Crippen MR) is 83.2 cm³/mol. The van der Waals surface area contributed by atoms with E-state index in [9.17, 15) is 8.42 Å². The second-order valence-electron chi connectivity index (χ2n) is 5.35. The Balaban J connectivity index is 2.09. The standard InChI is InChI=1S/C14H23N3O3S/c1-11-5-3-4-8-17(11)21(18,19)16-10-12-9-13(15)6-7-14(12)20-2/h6-7,9,11,16H,3-5,8,10,15H2,1-2H3. The normalized spacial score (nSPS) is 20.4. The summed E-state index contributed by atoms with van der Waals surface area (Å²) in [5.41, 5.74) is 7.05. The van der Waals surface area contributed by atoms with Crippen LogP contribution in [-0.4, -0.2) is 32.4 Å². The van der Waals surface area contributed by atoms with Gasteiger partial charge in [0, 0.05) is 30.4 Å². The van der Waals surface area contributed by atoms with E-state index in [0.29, 0.717) is 18.0 Å². The number of nitrogen functional groups attached to an aromatic ring is 1. The molecule has 1 saturated heterocycles. The monoisotopic (exact) mass is 313 g/mol. The van der Waals surface area contributed by atoms with Crippen molar-refractivity contribution in [1.82, 2.24) is 9.03 Å². The van der Waals surface area contributed by atoms with E-state index >= 15 is 0 Å². The fourth-order valence-corrected chi connectivity index (χ4v) is 4.07. The molecule has 1 fully saturated rings. The molecule has 3 N–H and O–H groups in total. The lowest BCUT2D eigenvalue weighted by atomic mass is 10.1. The van der Waals surface area contributed by atoms with Crippen molar-refractivity contribution in [2.24, 2.45) is 0 Å². The molecule has 0 aliphatic carbocycles. The molecule has 0 amide bonds. The molecule has 1 heterocycles. The zero-order chi connectivity index (χ0) is 15.5. The topological polar surface area (TPSA) is 84.7 Å². The molecule has 6 nitrogen and oxygen atoms in total. The summed E-state index contributed by atoms with van der Waals surface area (Å²) in [6.45, 7) is 2.68. The summed E-state index contributed by atoms with van der Waals surface area (Å²) < 4.78 is 34.2. The molecule has 0 spiro atoms. The van der Waals surface area contributed by atoms with Gasteiger partial charge < -0.3 is 10.5 Å². The van der Waals surface area contributed by atoms with Crippen LogP contribution in [0.1, 0.15) is 31.7 Å². The quantitative estimate of drug-likeness (QED) is 0.807. The van der Waals surface area contributed by atoms with Crippen LogP contribution in [0.2, 0.25) is 0 Å².